The molecule has 0 spiro atoms. The molecule has 0 aliphatic rings. The summed E-state index contributed by atoms with van der Waals surface area (Å²) >= 11 is 1.63. The minimum atomic E-state index is -0.0537. The number of para-hydroxylation sites is 1. The van der Waals surface area contributed by atoms with Crippen LogP contribution in [0.4, 0.5) is 0 Å². The molecule has 1 heterocycles. The fourth-order valence-corrected chi connectivity index (χ4v) is 3.66. The van der Waals surface area contributed by atoms with Gasteiger partial charge in [-0.15, -0.1) is 0 Å². The summed E-state index contributed by atoms with van der Waals surface area (Å²) in [5, 5.41) is 10.5. The highest BCUT2D eigenvalue weighted by atomic mass is 32.2. The number of benzene rings is 2. The molecule has 0 aliphatic heterocycles. The molecular weight excluding hydrogens is 348 g/mol. The monoisotopic (exact) mass is 370 g/mol. The van der Waals surface area contributed by atoms with Crippen LogP contribution in [-0.2, 0) is 18.9 Å². The Balaban J connectivity index is 1.81. The van der Waals surface area contributed by atoms with Gasteiger partial charge in [0.25, 0.3) is 0 Å². The highest BCUT2D eigenvalue weighted by Gasteiger charge is 2.13. The first kappa shape index (κ1) is 18.4. The van der Waals surface area contributed by atoms with Crippen LogP contribution in [0.2, 0.25) is 0 Å². The summed E-state index contributed by atoms with van der Waals surface area (Å²) < 4.78 is 12.8. The Kier molecular flexibility index (Phi) is 6.20. The second kappa shape index (κ2) is 8.78. The molecule has 2 aromatic carbocycles. The van der Waals surface area contributed by atoms with Gasteiger partial charge in [-0.3, -0.25) is 0 Å². The summed E-state index contributed by atoms with van der Waals surface area (Å²) in [7, 11) is 3.33. The lowest BCUT2D eigenvalue weighted by molar-refractivity contribution is 0.270. The molecule has 3 aromatic rings. The Morgan fingerprint density at radius 1 is 1.08 bits per heavy atom. The van der Waals surface area contributed by atoms with Gasteiger partial charge in [0, 0.05) is 11.3 Å². The molecule has 5 nitrogen and oxygen atoms in total. The number of imidazole rings is 1. The first-order valence-corrected chi connectivity index (χ1v) is 9.26. The third-order valence-corrected chi connectivity index (χ3v) is 5.15. The van der Waals surface area contributed by atoms with Gasteiger partial charge in [0.05, 0.1) is 39.3 Å². The Morgan fingerprint density at radius 3 is 2.69 bits per heavy atom. The van der Waals surface area contributed by atoms with Crippen molar-refractivity contribution in [3.63, 3.8) is 0 Å². The predicted octanol–water partition coefficient (Wildman–Crippen LogP) is 3.73. The van der Waals surface area contributed by atoms with E-state index in [2.05, 4.69) is 11.1 Å². The van der Waals surface area contributed by atoms with E-state index >= 15 is 0 Å². The van der Waals surface area contributed by atoms with E-state index in [1.165, 1.54) is 0 Å². The molecule has 26 heavy (non-hydrogen) atoms. The minimum absolute atomic E-state index is 0.0537. The van der Waals surface area contributed by atoms with Crippen LogP contribution >= 0.6 is 11.8 Å². The van der Waals surface area contributed by atoms with Crippen molar-refractivity contribution in [2.24, 2.45) is 0 Å². The number of thioether (sulfide) groups is 1. The molecule has 1 N–H and O–H groups in total. The van der Waals surface area contributed by atoms with Crippen LogP contribution < -0.4 is 9.47 Å². The summed E-state index contributed by atoms with van der Waals surface area (Å²) in [6.07, 6.45) is 1.73. The van der Waals surface area contributed by atoms with Crippen molar-refractivity contribution < 1.29 is 14.6 Å². The summed E-state index contributed by atoms with van der Waals surface area (Å²) in [5.41, 5.74) is 2.99. The molecule has 0 unspecified atom stereocenters. The highest BCUT2D eigenvalue weighted by molar-refractivity contribution is 7.98. The van der Waals surface area contributed by atoms with Gasteiger partial charge < -0.3 is 19.1 Å². The van der Waals surface area contributed by atoms with Crippen LogP contribution in [0.15, 0.2) is 59.9 Å². The molecule has 1 aromatic heterocycles. The maximum absolute atomic E-state index is 9.67. The Labute approximate surface area is 157 Å². The van der Waals surface area contributed by atoms with Crippen molar-refractivity contribution in [2.45, 2.75) is 24.1 Å². The smallest absolute Gasteiger partial charge is 0.168 e. The van der Waals surface area contributed by atoms with Crippen molar-refractivity contribution in [3.8, 4) is 11.5 Å². The predicted molar refractivity (Wildman–Crippen MR) is 103 cm³/mol. The average Bonchev–Trinajstić information content (AvgIpc) is 3.08. The van der Waals surface area contributed by atoms with Gasteiger partial charge >= 0.3 is 0 Å². The zero-order valence-corrected chi connectivity index (χ0v) is 15.7. The van der Waals surface area contributed by atoms with Crippen LogP contribution in [0.25, 0.3) is 0 Å². The Hall–Kier alpha value is -2.44. The molecule has 3 rings (SSSR count). The van der Waals surface area contributed by atoms with Crippen molar-refractivity contribution in [3.05, 3.63) is 71.5 Å². The topological polar surface area (TPSA) is 56.5 Å². The summed E-state index contributed by atoms with van der Waals surface area (Å²) in [4.78, 5) is 4.49. The SMILES string of the molecule is COc1cccc(CSc2ncc(CO)n2Cc2ccccc2OC)c1. The maximum Gasteiger partial charge on any atom is 0.168 e. The van der Waals surface area contributed by atoms with Crippen molar-refractivity contribution in [1.29, 1.82) is 0 Å². The summed E-state index contributed by atoms with van der Waals surface area (Å²) in [6, 6.07) is 15.9. The van der Waals surface area contributed by atoms with Gasteiger partial charge in [-0.05, 0) is 23.8 Å². The van der Waals surface area contributed by atoms with Crippen molar-refractivity contribution in [1.82, 2.24) is 9.55 Å². The van der Waals surface area contributed by atoms with Gasteiger partial charge in [0.2, 0.25) is 0 Å². The summed E-state index contributed by atoms with van der Waals surface area (Å²) in [5.74, 6) is 2.44. The standard InChI is InChI=1S/C20H22N2O3S/c1-24-18-8-5-6-15(10-18)14-26-20-21-11-17(13-23)22(20)12-16-7-3-4-9-19(16)25-2/h3-11,23H,12-14H2,1-2H3. The zero-order valence-electron chi connectivity index (χ0n) is 14.9. The number of aromatic nitrogens is 2. The van der Waals surface area contributed by atoms with E-state index in [0.29, 0.717) is 6.54 Å². The quantitative estimate of drug-likeness (QED) is 0.612. The molecule has 0 saturated heterocycles. The van der Waals surface area contributed by atoms with Crippen molar-refractivity contribution in [2.75, 3.05) is 14.2 Å². The van der Waals surface area contributed by atoms with E-state index in [-0.39, 0.29) is 6.61 Å². The average molecular weight is 370 g/mol. The van der Waals surface area contributed by atoms with Gasteiger partial charge in [0.1, 0.15) is 11.5 Å². The number of ether oxygens (including phenoxy) is 2. The lowest BCUT2D eigenvalue weighted by atomic mass is 10.2. The Morgan fingerprint density at radius 2 is 1.92 bits per heavy atom. The van der Waals surface area contributed by atoms with Gasteiger partial charge in [-0.2, -0.15) is 0 Å². The molecule has 136 valence electrons. The molecular formula is C20H22N2O3S. The largest absolute Gasteiger partial charge is 0.497 e. The number of hydrogen-bond acceptors (Lipinski definition) is 5. The van der Waals surface area contributed by atoms with Gasteiger partial charge in [-0.1, -0.05) is 42.1 Å². The Bertz CT molecular complexity index is 864. The van der Waals surface area contributed by atoms with Crippen LogP contribution in [0.5, 0.6) is 11.5 Å². The van der Waals surface area contributed by atoms with Crippen LogP contribution in [0.1, 0.15) is 16.8 Å². The van der Waals surface area contributed by atoms with E-state index in [1.807, 2.05) is 47.0 Å². The van der Waals surface area contributed by atoms with Crippen molar-refractivity contribution >= 4 is 11.8 Å². The number of nitrogens with zero attached hydrogens (tertiary/aromatic N) is 2. The van der Waals surface area contributed by atoms with E-state index in [0.717, 1.165) is 39.2 Å². The molecule has 0 amide bonds. The molecule has 0 atom stereocenters. The number of aliphatic hydroxyl groups excluding tert-OH is 1. The third-order valence-electron chi connectivity index (χ3n) is 4.09. The summed E-state index contributed by atoms with van der Waals surface area (Å²) in [6.45, 7) is 0.544. The molecule has 0 aliphatic carbocycles. The van der Waals surface area contributed by atoms with Crippen LogP contribution in [-0.4, -0.2) is 28.9 Å². The number of hydrogen-bond donors (Lipinski definition) is 1. The number of rotatable bonds is 8. The second-order valence-electron chi connectivity index (χ2n) is 5.73. The number of methoxy groups -OCH3 is 2. The third kappa shape index (κ3) is 4.20. The van der Waals surface area contributed by atoms with E-state index in [4.69, 9.17) is 9.47 Å². The van der Waals surface area contributed by atoms with E-state index < -0.39 is 0 Å². The first-order chi connectivity index (χ1) is 12.7. The lowest BCUT2D eigenvalue weighted by Gasteiger charge is -2.13. The van der Waals surface area contributed by atoms with Gasteiger partial charge in [-0.25, -0.2) is 4.98 Å². The molecule has 0 fully saturated rings. The number of aliphatic hydroxyl groups is 1. The van der Waals surface area contributed by atoms with Crippen LogP contribution in [0.3, 0.4) is 0 Å². The van der Waals surface area contributed by atoms with E-state index in [1.54, 1.807) is 32.2 Å². The fourth-order valence-electron chi connectivity index (χ4n) is 2.72. The fraction of sp³-hybridized carbons (Fsp3) is 0.250. The van der Waals surface area contributed by atoms with Gasteiger partial charge in [0.15, 0.2) is 5.16 Å². The highest BCUT2D eigenvalue weighted by Crippen LogP contribution is 2.27. The minimum Gasteiger partial charge on any atom is -0.497 e. The molecule has 6 heteroatoms. The molecule has 0 radical (unpaired) electrons. The van der Waals surface area contributed by atoms with E-state index in [9.17, 15) is 5.11 Å². The lowest BCUT2D eigenvalue weighted by Crippen LogP contribution is -2.07. The molecule has 0 bridgehead atoms. The second-order valence-corrected chi connectivity index (χ2v) is 6.67. The molecule has 0 saturated carbocycles. The first-order valence-electron chi connectivity index (χ1n) is 8.28. The maximum atomic E-state index is 9.67. The van der Waals surface area contributed by atoms with Crippen LogP contribution in [0, 0.1) is 0 Å². The zero-order chi connectivity index (χ0) is 18.4. The normalized spacial score (nSPS) is 10.7.